The van der Waals surface area contributed by atoms with Crippen LogP contribution in [0.25, 0.3) is 11.0 Å². The van der Waals surface area contributed by atoms with Crippen LogP contribution in [0, 0.1) is 6.92 Å². The molecular formula is C21H19F3O3. The third kappa shape index (κ3) is 4.15. The van der Waals surface area contributed by atoms with E-state index in [9.17, 15) is 18.0 Å². The fourth-order valence-corrected chi connectivity index (χ4v) is 3.04. The highest BCUT2D eigenvalue weighted by Crippen LogP contribution is 2.31. The maximum Gasteiger partial charge on any atom is 0.416 e. The van der Waals surface area contributed by atoms with Crippen LogP contribution in [0.4, 0.5) is 13.2 Å². The first-order valence-corrected chi connectivity index (χ1v) is 8.65. The minimum atomic E-state index is -4.39. The predicted octanol–water partition coefficient (Wildman–Crippen LogP) is 5.65. The third-order valence-electron chi connectivity index (χ3n) is 4.36. The molecule has 3 aromatic rings. The zero-order valence-electron chi connectivity index (χ0n) is 15.0. The lowest BCUT2D eigenvalue weighted by molar-refractivity contribution is -0.137. The van der Waals surface area contributed by atoms with Crippen LogP contribution in [0.1, 0.15) is 35.6 Å². The second kappa shape index (κ2) is 7.47. The molecule has 3 nitrogen and oxygen atoms in total. The number of halogens is 3. The molecule has 3 rings (SSSR count). The molecule has 0 aliphatic heterocycles. The summed E-state index contributed by atoms with van der Waals surface area (Å²) in [5.74, 6) is 0.469. The van der Waals surface area contributed by atoms with Gasteiger partial charge in [0.1, 0.15) is 17.9 Å². The quantitative estimate of drug-likeness (QED) is 0.540. The lowest BCUT2D eigenvalue weighted by Gasteiger charge is -2.13. The maximum atomic E-state index is 12.8. The number of rotatable bonds is 5. The molecule has 0 amide bonds. The van der Waals surface area contributed by atoms with Gasteiger partial charge in [-0.05, 0) is 48.7 Å². The summed E-state index contributed by atoms with van der Waals surface area (Å²) in [6.45, 7) is 3.78. The molecular weight excluding hydrogens is 357 g/mol. The van der Waals surface area contributed by atoms with Crippen LogP contribution in [0.5, 0.6) is 5.75 Å². The third-order valence-corrected chi connectivity index (χ3v) is 4.36. The fourth-order valence-electron chi connectivity index (χ4n) is 3.04. The normalized spacial score (nSPS) is 11.7. The van der Waals surface area contributed by atoms with E-state index in [1.807, 2.05) is 13.0 Å². The molecule has 0 saturated heterocycles. The Hall–Kier alpha value is -2.76. The van der Waals surface area contributed by atoms with E-state index in [-0.39, 0.29) is 6.61 Å². The molecule has 27 heavy (non-hydrogen) atoms. The molecule has 0 fully saturated rings. The Labute approximate surface area is 154 Å². The zero-order valence-corrected chi connectivity index (χ0v) is 15.0. The molecule has 2 aromatic carbocycles. The average Bonchev–Trinajstić information content (AvgIpc) is 2.61. The topological polar surface area (TPSA) is 39.4 Å². The first kappa shape index (κ1) is 19.0. The van der Waals surface area contributed by atoms with Crippen LogP contribution in [-0.4, -0.2) is 0 Å². The Kier molecular flexibility index (Phi) is 5.26. The van der Waals surface area contributed by atoms with Gasteiger partial charge in [-0.25, -0.2) is 4.79 Å². The maximum absolute atomic E-state index is 12.8. The number of hydrogen-bond acceptors (Lipinski definition) is 3. The Balaban J connectivity index is 1.90. The summed E-state index contributed by atoms with van der Waals surface area (Å²) in [6, 6.07) is 10.1. The molecule has 6 heteroatoms. The van der Waals surface area contributed by atoms with Gasteiger partial charge in [-0.2, -0.15) is 13.2 Å². The molecule has 0 aliphatic rings. The van der Waals surface area contributed by atoms with Crippen LogP contribution in [0.15, 0.2) is 51.7 Å². The molecule has 142 valence electrons. The zero-order chi connectivity index (χ0) is 19.6. The molecule has 1 aromatic heterocycles. The minimum absolute atomic E-state index is 0.0187. The van der Waals surface area contributed by atoms with E-state index in [1.165, 1.54) is 12.1 Å². The van der Waals surface area contributed by atoms with Crippen molar-refractivity contribution in [3.8, 4) is 5.75 Å². The Morgan fingerprint density at radius 2 is 1.89 bits per heavy atom. The van der Waals surface area contributed by atoms with Gasteiger partial charge in [0.05, 0.1) is 5.56 Å². The van der Waals surface area contributed by atoms with Crippen molar-refractivity contribution in [3.05, 3.63) is 75.1 Å². The van der Waals surface area contributed by atoms with E-state index in [1.54, 1.807) is 19.1 Å². The van der Waals surface area contributed by atoms with Crippen LogP contribution in [0.2, 0.25) is 0 Å². The van der Waals surface area contributed by atoms with Crippen LogP contribution in [0.3, 0.4) is 0 Å². The second-order valence-electron chi connectivity index (χ2n) is 6.39. The van der Waals surface area contributed by atoms with Crippen molar-refractivity contribution < 1.29 is 22.3 Å². The van der Waals surface area contributed by atoms with Crippen molar-refractivity contribution >= 4 is 11.0 Å². The molecule has 0 aliphatic carbocycles. The lowest BCUT2D eigenvalue weighted by atomic mass is 10.0. The molecule has 0 radical (unpaired) electrons. The van der Waals surface area contributed by atoms with E-state index in [4.69, 9.17) is 9.15 Å². The summed E-state index contributed by atoms with van der Waals surface area (Å²) in [6.07, 6.45) is -2.74. The predicted molar refractivity (Wildman–Crippen MR) is 97.0 cm³/mol. The van der Waals surface area contributed by atoms with Gasteiger partial charge in [-0.1, -0.05) is 25.5 Å². The molecule has 0 bridgehead atoms. The van der Waals surface area contributed by atoms with Gasteiger partial charge in [-0.3, -0.25) is 0 Å². The van der Waals surface area contributed by atoms with Crippen molar-refractivity contribution in [3.63, 3.8) is 0 Å². The van der Waals surface area contributed by atoms with E-state index in [2.05, 4.69) is 0 Å². The largest absolute Gasteiger partial charge is 0.488 e. The van der Waals surface area contributed by atoms with Gasteiger partial charge >= 0.3 is 11.8 Å². The summed E-state index contributed by atoms with van der Waals surface area (Å²) in [4.78, 5) is 11.8. The van der Waals surface area contributed by atoms with Crippen molar-refractivity contribution in [2.45, 2.75) is 39.5 Å². The van der Waals surface area contributed by atoms with Crippen molar-refractivity contribution in [1.82, 2.24) is 0 Å². The first-order valence-electron chi connectivity index (χ1n) is 8.65. The second-order valence-corrected chi connectivity index (χ2v) is 6.39. The Bertz CT molecular complexity index is 1020. The van der Waals surface area contributed by atoms with Crippen LogP contribution < -0.4 is 10.4 Å². The molecule has 0 atom stereocenters. The first-order chi connectivity index (χ1) is 12.8. The molecule has 0 N–H and O–H groups in total. The monoisotopic (exact) mass is 376 g/mol. The minimum Gasteiger partial charge on any atom is -0.488 e. The fraction of sp³-hybridized carbons (Fsp3) is 0.286. The van der Waals surface area contributed by atoms with Gasteiger partial charge in [0.2, 0.25) is 0 Å². The standard InChI is InChI=1S/C21H19F3O3/c1-3-5-15-11-19(25)27-20-13(2)18(9-8-17(15)20)26-12-14-6-4-7-16(10-14)21(22,23)24/h4,6-11H,3,5,12H2,1-2H3. The average molecular weight is 376 g/mol. The Morgan fingerprint density at radius 3 is 2.59 bits per heavy atom. The summed E-state index contributed by atoms with van der Waals surface area (Å²) < 4.78 is 49.5. The summed E-state index contributed by atoms with van der Waals surface area (Å²) in [7, 11) is 0. The number of hydrogen-bond donors (Lipinski definition) is 0. The highest BCUT2D eigenvalue weighted by molar-refractivity contribution is 5.84. The van der Waals surface area contributed by atoms with Gasteiger partial charge < -0.3 is 9.15 Å². The summed E-state index contributed by atoms with van der Waals surface area (Å²) in [5, 5.41) is 0.848. The summed E-state index contributed by atoms with van der Waals surface area (Å²) >= 11 is 0. The van der Waals surface area contributed by atoms with Gasteiger partial charge in [0, 0.05) is 17.0 Å². The van der Waals surface area contributed by atoms with Gasteiger partial charge in [-0.15, -0.1) is 0 Å². The highest BCUT2D eigenvalue weighted by Gasteiger charge is 2.30. The number of aryl methyl sites for hydroxylation is 2. The van der Waals surface area contributed by atoms with Gasteiger partial charge in [0.15, 0.2) is 0 Å². The van der Waals surface area contributed by atoms with E-state index >= 15 is 0 Å². The van der Waals surface area contributed by atoms with Crippen LogP contribution >= 0.6 is 0 Å². The van der Waals surface area contributed by atoms with Crippen molar-refractivity contribution in [2.24, 2.45) is 0 Å². The lowest BCUT2D eigenvalue weighted by Crippen LogP contribution is -2.06. The van der Waals surface area contributed by atoms with Crippen LogP contribution in [-0.2, 0) is 19.2 Å². The molecule has 0 spiro atoms. The molecule has 0 unspecified atom stereocenters. The van der Waals surface area contributed by atoms with E-state index in [0.717, 1.165) is 35.9 Å². The molecule has 0 saturated carbocycles. The number of ether oxygens (including phenoxy) is 1. The molecule has 1 heterocycles. The number of benzene rings is 2. The van der Waals surface area contributed by atoms with Gasteiger partial charge in [0.25, 0.3) is 0 Å². The number of alkyl halides is 3. The SMILES string of the molecule is CCCc1cc(=O)oc2c(C)c(OCc3cccc(C(F)(F)F)c3)ccc12. The smallest absolute Gasteiger partial charge is 0.416 e. The van der Waals surface area contributed by atoms with E-state index in [0.29, 0.717) is 22.5 Å². The van der Waals surface area contributed by atoms with Crippen molar-refractivity contribution in [1.29, 1.82) is 0 Å². The summed E-state index contributed by atoms with van der Waals surface area (Å²) in [5.41, 5.74) is 1.28. The Morgan fingerprint density at radius 1 is 1.11 bits per heavy atom. The number of fused-ring (bicyclic) bond motifs is 1. The van der Waals surface area contributed by atoms with Crippen molar-refractivity contribution in [2.75, 3.05) is 0 Å². The van der Waals surface area contributed by atoms with E-state index < -0.39 is 17.4 Å². The highest BCUT2D eigenvalue weighted by atomic mass is 19.4.